The van der Waals surface area contributed by atoms with E-state index >= 15 is 0 Å². The van der Waals surface area contributed by atoms with Gasteiger partial charge in [0.1, 0.15) is 0 Å². The number of aryl methyl sites for hydroxylation is 1. The van der Waals surface area contributed by atoms with Crippen LogP contribution in [-0.2, 0) is 6.54 Å². The smallest absolute Gasteiger partial charge is 0.273 e. The molecule has 0 saturated heterocycles. The molecule has 0 unspecified atom stereocenters. The third kappa shape index (κ3) is 3.68. The first-order valence-corrected chi connectivity index (χ1v) is 6.72. The average Bonchev–Trinajstić information content (AvgIpc) is 2.44. The van der Waals surface area contributed by atoms with E-state index in [1.165, 1.54) is 12.1 Å². The summed E-state index contributed by atoms with van der Waals surface area (Å²) in [6, 6.07) is 10.5. The topological polar surface area (TPSA) is 85.3 Å². The lowest BCUT2D eigenvalue weighted by Gasteiger charge is -2.23. The summed E-state index contributed by atoms with van der Waals surface area (Å²) in [5.74, 6) is 0. The molecule has 0 aliphatic heterocycles. The van der Waals surface area contributed by atoms with Gasteiger partial charge in [0.05, 0.1) is 17.2 Å². The van der Waals surface area contributed by atoms with Crippen LogP contribution >= 0.6 is 0 Å². The maximum absolute atomic E-state index is 10.9. The van der Waals surface area contributed by atoms with Crippen molar-refractivity contribution < 1.29 is 4.92 Å². The van der Waals surface area contributed by atoms with Crippen molar-refractivity contribution in [1.29, 1.82) is 0 Å². The van der Waals surface area contributed by atoms with Crippen molar-refractivity contribution in [2.45, 2.75) is 20.4 Å². The van der Waals surface area contributed by atoms with Gasteiger partial charge in [0.2, 0.25) is 0 Å². The van der Waals surface area contributed by atoms with Gasteiger partial charge in [0.15, 0.2) is 0 Å². The third-order valence-electron chi connectivity index (χ3n) is 3.18. The number of hydrogen-bond donors (Lipinski definition) is 1. The van der Waals surface area contributed by atoms with E-state index < -0.39 is 4.92 Å². The Morgan fingerprint density at radius 3 is 2.71 bits per heavy atom. The van der Waals surface area contributed by atoms with Crippen molar-refractivity contribution in [2.75, 3.05) is 17.2 Å². The molecule has 0 atom stereocenters. The minimum absolute atomic E-state index is 0.000603. The Morgan fingerprint density at radius 2 is 2.10 bits per heavy atom. The van der Waals surface area contributed by atoms with Gasteiger partial charge >= 0.3 is 0 Å². The fourth-order valence-electron chi connectivity index (χ4n) is 2.17. The number of non-ortho nitro benzene ring substituents is 1. The molecule has 0 radical (unpaired) electrons. The molecule has 0 aliphatic rings. The maximum atomic E-state index is 10.9. The van der Waals surface area contributed by atoms with Crippen molar-refractivity contribution in [2.24, 2.45) is 0 Å². The van der Waals surface area contributed by atoms with E-state index in [9.17, 15) is 10.1 Å². The molecule has 1 aromatic heterocycles. The molecule has 0 saturated carbocycles. The van der Waals surface area contributed by atoms with Crippen LogP contribution in [-0.4, -0.2) is 16.5 Å². The molecule has 6 nitrogen and oxygen atoms in total. The molecule has 2 aromatic rings. The number of anilines is 2. The van der Waals surface area contributed by atoms with Gasteiger partial charge < -0.3 is 10.6 Å². The van der Waals surface area contributed by atoms with Crippen LogP contribution in [0.25, 0.3) is 0 Å². The number of nitrogen functional groups attached to an aromatic ring is 1. The van der Waals surface area contributed by atoms with Crippen LogP contribution in [0.5, 0.6) is 0 Å². The number of nitrogens with two attached hydrogens (primary N) is 1. The highest BCUT2D eigenvalue weighted by molar-refractivity contribution is 5.62. The lowest BCUT2D eigenvalue weighted by atomic mass is 10.2. The largest absolute Gasteiger partial charge is 0.398 e. The molecule has 1 heterocycles. The quantitative estimate of drug-likeness (QED) is 0.519. The van der Waals surface area contributed by atoms with E-state index in [1.807, 2.05) is 36.9 Å². The van der Waals surface area contributed by atoms with E-state index in [4.69, 9.17) is 5.73 Å². The molecule has 21 heavy (non-hydrogen) atoms. The van der Waals surface area contributed by atoms with Crippen molar-refractivity contribution in [3.05, 3.63) is 57.9 Å². The molecule has 6 heteroatoms. The van der Waals surface area contributed by atoms with Gasteiger partial charge in [-0.1, -0.05) is 6.07 Å². The molecule has 110 valence electrons. The fourth-order valence-corrected chi connectivity index (χ4v) is 2.17. The monoisotopic (exact) mass is 286 g/mol. The second kappa shape index (κ2) is 6.21. The van der Waals surface area contributed by atoms with E-state index in [-0.39, 0.29) is 5.69 Å². The number of hydrogen-bond acceptors (Lipinski definition) is 5. The highest BCUT2D eigenvalue weighted by Crippen LogP contribution is 2.26. The SMILES string of the molecule is CCN(Cc1cccc(C)n1)c1cc(N)cc([N+](=O)[O-])c1. The Bertz CT molecular complexity index is 658. The highest BCUT2D eigenvalue weighted by Gasteiger charge is 2.13. The standard InChI is InChI=1S/C15H18N4O2/c1-3-18(10-13-6-4-5-11(2)17-13)14-7-12(16)8-15(9-14)19(20)21/h4-9H,3,10,16H2,1-2H3. The first kappa shape index (κ1) is 14.8. The molecule has 0 aliphatic carbocycles. The Kier molecular flexibility index (Phi) is 4.37. The first-order valence-electron chi connectivity index (χ1n) is 6.72. The third-order valence-corrected chi connectivity index (χ3v) is 3.18. The minimum atomic E-state index is -0.432. The van der Waals surface area contributed by atoms with E-state index in [1.54, 1.807) is 6.07 Å². The molecular formula is C15H18N4O2. The molecule has 0 amide bonds. The number of nitrogens with zero attached hydrogens (tertiary/aromatic N) is 3. The normalized spacial score (nSPS) is 10.4. The average molecular weight is 286 g/mol. The molecule has 0 spiro atoms. The summed E-state index contributed by atoms with van der Waals surface area (Å²) in [5, 5.41) is 10.9. The zero-order valence-electron chi connectivity index (χ0n) is 12.1. The van der Waals surface area contributed by atoms with E-state index in [0.29, 0.717) is 18.8 Å². The van der Waals surface area contributed by atoms with Crippen molar-refractivity contribution in [3.63, 3.8) is 0 Å². The Hall–Kier alpha value is -2.63. The number of nitro benzene ring substituents is 1. The van der Waals surface area contributed by atoms with Crippen molar-refractivity contribution in [1.82, 2.24) is 4.98 Å². The molecule has 2 rings (SSSR count). The van der Waals surface area contributed by atoms with Crippen LogP contribution in [0.4, 0.5) is 17.1 Å². The second-order valence-corrected chi connectivity index (χ2v) is 4.82. The molecule has 0 fully saturated rings. The minimum Gasteiger partial charge on any atom is -0.398 e. The van der Waals surface area contributed by atoms with Crippen LogP contribution in [0.2, 0.25) is 0 Å². The van der Waals surface area contributed by atoms with Gasteiger partial charge in [-0.2, -0.15) is 0 Å². The predicted octanol–water partition coefficient (Wildman–Crippen LogP) is 2.91. The van der Waals surface area contributed by atoms with Crippen molar-refractivity contribution >= 4 is 17.1 Å². The summed E-state index contributed by atoms with van der Waals surface area (Å²) < 4.78 is 0. The number of pyridine rings is 1. The highest BCUT2D eigenvalue weighted by atomic mass is 16.6. The Labute approximate surface area is 123 Å². The summed E-state index contributed by atoms with van der Waals surface area (Å²) in [6.07, 6.45) is 0. The van der Waals surface area contributed by atoms with Crippen LogP contribution in [0.3, 0.4) is 0 Å². The predicted molar refractivity (Wildman–Crippen MR) is 83.2 cm³/mol. The van der Waals surface area contributed by atoms with Crippen LogP contribution in [0, 0.1) is 17.0 Å². The van der Waals surface area contributed by atoms with E-state index in [0.717, 1.165) is 17.1 Å². The zero-order valence-corrected chi connectivity index (χ0v) is 12.1. The van der Waals surface area contributed by atoms with E-state index in [2.05, 4.69) is 4.98 Å². The number of aromatic nitrogens is 1. The molecule has 2 N–H and O–H groups in total. The molecule has 0 bridgehead atoms. The van der Waals surface area contributed by atoms with Crippen molar-refractivity contribution in [3.8, 4) is 0 Å². The summed E-state index contributed by atoms with van der Waals surface area (Å²) >= 11 is 0. The van der Waals surface area contributed by atoms with Crippen LogP contribution < -0.4 is 10.6 Å². The van der Waals surface area contributed by atoms with Crippen LogP contribution in [0.15, 0.2) is 36.4 Å². The zero-order chi connectivity index (χ0) is 15.4. The Balaban J connectivity index is 2.31. The molecular weight excluding hydrogens is 268 g/mol. The van der Waals surface area contributed by atoms with Gasteiger partial charge in [-0.3, -0.25) is 15.1 Å². The summed E-state index contributed by atoms with van der Waals surface area (Å²) in [4.78, 5) is 17.0. The number of nitro groups is 1. The first-order chi connectivity index (χ1) is 9.99. The van der Waals surface area contributed by atoms with Gasteiger partial charge in [0, 0.05) is 35.7 Å². The van der Waals surface area contributed by atoms with Gasteiger partial charge in [-0.15, -0.1) is 0 Å². The summed E-state index contributed by atoms with van der Waals surface area (Å²) in [5.41, 5.74) is 8.74. The second-order valence-electron chi connectivity index (χ2n) is 4.82. The van der Waals surface area contributed by atoms with Gasteiger partial charge in [0.25, 0.3) is 5.69 Å². The van der Waals surface area contributed by atoms with Gasteiger partial charge in [-0.25, -0.2) is 0 Å². The Morgan fingerprint density at radius 1 is 1.33 bits per heavy atom. The van der Waals surface area contributed by atoms with Crippen LogP contribution in [0.1, 0.15) is 18.3 Å². The maximum Gasteiger partial charge on any atom is 0.273 e. The number of benzene rings is 1. The molecule has 1 aromatic carbocycles. The number of rotatable bonds is 5. The van der Waals surface area contributed by atoms with Gasteiger partial charge in [-0.05, 0) is 32.0 Å². The summed E-state index contributed by atoms with van der Waals surface area (Å²) in [7, 11) is 0. The fraction of sp³-hybridized carbons (Fsp3) is 0.267. The lowest BCUT2D eigenvalue weighted by molar-refractivity contribution is -0.384. The summed E-state index contributed by atoms with van der Waals surface area (Å²) in [6.45, 7) is 5.21. The lowest BCUT2D eigenvalue weighted by Crippen LogP contribution is -2.23.